The summed E-state index contributed by atoms with van der Waals surface area (Å²) in [5, 5.41) is 6.95. The fourth-order valence-electron chi connectivity index (χ4n) is 4.43. The standard InChI is InChI=1S/C30H23Cl2F3N2O4S/c1-17(2)29-24(28(36-41-29)27-25(31)4-3-5-26(27)32)16-40-23-13-10-20-14-19(6-7-21(20)15-23)18-8-11-22(12-9-18)37-42(38,39)30(33,34)35/h3-15,17,37H,16H2,1-2H3. The molecule has 0 unspecified atom stereocenters. The number of hydrogen-bond acceptors (Lipinski definition) is 5. The molecule has 0 saturated heterocycles. The highest BCUT2D eigenvalue weighted by Gasteiger charge is 2.46. The molecule has 12 heteroatoms. The lowest BCUT2D eigenvalue weighted by Gasteiger charge is -2.12. The second-order valence-electron chi connectivity index (χ2n) is 9.77. The molecule has 0 bridgehead atoms. The summed E-state index contributed by atoms with van der Waals surface area (Å²) < 4.78 is 74.0. The van der Waals surface area contributed by atoms with Crippen molar-refractivity contribution in [3.05, 3.63) is 100 Å². The molecule has 0 atom stereocenters. The number of halogens is 5. The van der Waals surface area contributed by atoms with Gasteiger partial charge in [0.15, 0.2) is 0 Å². The number of benzene rings is 4. The third-order valence-electron chi connectivity index (χ3n) is 6.51. The molecular weight excluding hydrogens is 612 g/mol. The first-order valence-corrected chi connectivity index (χ1v) is 14.9. The number of sulfonamides is 1. The van der Waals surface area contributed by atoms with E-state index in [9.17, 15) is 21.6 Å². The van der Waals surface area contributed by atoms with E-state index in [4.69, 9.17) is 32.5 Å². The van der Waals surface area contributed by atoms with Crippen LogP contribution in [0.1, 0.15) is 31.1 Å². The van der Waals surface area contributed by atoms with Crippen LogP contribution in [0.25, 0.3) is 33.2 Å². The Balaban J connectivity index is 1.36. The van der Waals surface area contributed by atoms with E-state index in [2.05, 4.69) is 5.16 Å². The van der Waals surface area contributed by atoms with E-state index in [0.717, 1.165) is 21.9 Å². The van der Waals surface area contributed by atoms with Crippen LogP contribution in [0, 0.1) is 0 Å². The van der Waals surface area contributed by atoms with Gasteiger partial charge in [0, 0.05) is 17.2 Å². The average molecular weight is 635 g/mol. The third kappa shape index (κ3) is 6.06. The lowest BCUT2D eigenvalue weighted by atomic mass is 10.0. The maximum absolute atomic E-state index is 12.7. The normalized spacial score (nSPS) is 12.2. The van der Waals surface area contributed by atoms with Crippen LogP contribution in [-0.2, 0) is 16.6 Å². The van der Waals surface area contributed by atoms with Crippen molar-refractivity contribution in [2.45, 2.75) is 31.9 Å². The molecule has 42 heavy (non-hydrogen) atoms. The number of aromatic nitrogens is 1. The number of rotatable bonds is 8. The molecule has 1 aromatic heterocycles. The van der Waals surface area contributed by atoms with Crippen LogP contribution in [0.3, 0.4) is 0 Å². The first-order valence-electron chi connectivity index (χ1n) is 12.6. The van der Waals surface area contributed by atoms with E-state index in [1.54, 1.807) is 30.3 Å². The number of fused-ring (bicyclic) bond motifs is 1. The maximum Gasteiger partial charge on any atom is 0.516 e. The Bertz CT molecular complexity index is 1850. The van der Waals surface area contributed by atoms with Gasteiger partial charge in [0.05, 0.1) is 15.6 Å². The molecule has 0 spiro atoms. The van der Waals surface area contributed by atoms with Crippen LogP contribution < -0.4 is 9.46 Å². The van der Waals surface area contributed by atoms with Gasteiger partial charge in [0.1, 0.15) is 23.8 Å². The van der Waals surface area contributed by atoms with Gasteiger partial charge in [0.2, 0.25) is 0 Å². The largest absolute Gasteiger partial charge is 0.516 e. The molecular formula is C30H23Cl2F3N2O4S. The molecule has 0 amide bonds. The zero-order valence-corrected chi connectivity index (χ0v) is 24.5. The molecule has 0 aliphatic carbocycles. The summed E-state index contributed by atoms with van der Waals surface area (Å²) in [5.74, 6) is 1.33. The van der Waals surface area contributed by atoms with Crippen LogP contribution in [0.15, 0.2) is 83.4 Å². The zero-order chi connectivity index (χ0) is 30.2. The maximum atomic E-state index is 12.7. The summed E-state index contributed by atoms with van der Waals surface area (Å²) >= 11 is 12.9. The highest BCUT2D eigenvalue weighted by Crippen LogP contribution is 2.39. The second kappa shape index (κ2) is 11.5. The van der Waals surface area contributed by atoms with E-state index in [0.29, 0.717) is 38.4 Å². The number of nitrogens with zero attached hydrogens (tertiary/aromatic N) is 1. The Hall–Kier alpha value is -3.73. The minimum absolute atomic E-state index is 0.0417. The number of ether oxygens (including phenoxy) is 1. The van der Waals surface area contributed by atoms with Crippen molar-refractivity contribution in [3.63, 3.8) is 0 Å². The van der Waals surface area contributed by atoms with Crippen LogP contribution >= 0.6 is 23.2 Å². The lowest BCUT2D eigenvalue weighted by Crippen LogP contribution is -2.29. The third-order valence-corrected chi connectivity index (χ3v) is 8.26. The van der Waals surface area contributed by atoms with Crippen molar-refractivity contribution in [2.75, 3.05) is 4.72 Å². The van der Waals surface area contributed by atoms with Gasteiger partial charge in [-0.25, -0.2) is 0 Å². The van der Waals surface area contributed by atoms with E-state index in [1.807, 2.05) is 50.2 Å². The lowest BCUT2D eigenvalue weighted by molar-refractivity contribution is -0.0429. The van der Waals surface area contributed by atoms with Gasteiger partial charge < -0.3 is 9.26 Å². The van der Waals surface area contributed by atoms with Crippen molar-refractivity contribution in [1.29, 1.82) is 0 Å². The summed E-state index contributed by atoms with van der Waals surface area (Å²) in [6.07, 6.45) is 0. The molecule has 1 N–H and O–H groups in total. The summed E-state index contributed by atoms with van der Waals surface area (Å²) in [7, 11) is -5.49. The highest BCUT2D eigenvalue weighted by atomic mass is 35.5. The van der Waals surface area contributed by atoms with Crippen molar-refractivity contribution >= 4 is 49.7 Å². The first-order chi connectivity index (χ1) is 19.8. The van der Waals surface area contributed by atoms with Gasteiger partial charge in [-0.15, -0.1) is 0 Å². The van der Waals surface area contributed by atoms with Gasteiger partial charge in [0.25, 0.3) is 0 Å². The molecule has 0 saturated carbocycles. The molecule has 5 rings (SSSR count). The van der Waals surface area contributed by atoms with Crippen molar-refractivity contribution in [2.24, 2.45) is 0 Å². The predicted molar refractivity (Wildman–Crippen MR) is 158 cm³/mol. The summed E-state index contributed by atoms with van der Waals surface area (Å²) in [6, 6.07) is 22.1. The smallest absolute Gasteiger partial charge is 0.489 e. The van der Waals surface area contributed by atoms with E-state index < -0.39 is 15.5 Å². The molecule has 6 nitrogen and oxygen atoms in total. The molecule has 4 aromatic carbocycles. The fourth-order valence-corrected chi connectivity index (χ4v) is 5.57. The Morgan fingerprint density at radius 2 is 1.52 bits per heavy atom. The minimum atomic E-state index is -5.49. The Morgan fingerprint density at radius 3 is 2.17 bits per heavy atom. The topological polar surface area (TPSA) is 81.4 Å². The van der Waals surface area contributed by atoms with E-state index in [-0.39, 0.29) is 18.2 Å². The van der Waals surface area contributed by atoms with Crippen molar-refractivity contribution in [3.8, 4) is 28.1 Å². The summed E-state index contributed by atoms with van der Waals surface area (Å²) in [6.45, 7) is 4.15. The highest BCUT2D eigenvalue weighted by molar-refractivity contribution is 7.93. The van der Waals surface area contributed by atoms with Crippen LogP contribution in [-0.4, -0.2) is 19.1 Å². The SMILES string of the molecule is CC(C)c1onc(-c2c(Cl)cccc2Cl)c1COc1ccc2cc(-c3ccc(NS(=O)(=O)C(F)(F)F)cc3)ccc2c1. The summed E-state index contributed by atoms with van der Waals surface area (Å²) in [4.78, 5) is 0. The van der Waals surface area contributed by atoms with Gasteiger partial charge in [-0.05, 0) is 64.4 Å². The zero-order valence-electron chi connectivity index (χ0n) is 22.2. The van der Waals surface area contributed by atoms with Crippen molar-refractivity contribution in [1.82, 2.24) is 5.16 Å². The van der Waals surface area contributed by atoms with Gasteiger partial charge in [-0.1, -0.05) is 78.6 Å². The molecule has 0 fully saturated rings. The van der Waals surface area contributed by atoms with Gasteiger partial charge in [-0.2, -0.15) is 21.6 Å². The number of nitrogens with one attached hydrogen (secondary N) is 1. The fraction of sp³-hybridized carbons (Fsp3) is 0.167. The molecule has 218 valence electrons. The van der Waals surface area contributed by atoms with Gasteiger partial charge in [-0.3, -0.25) is 4.72 Å². The van der Waals surface area contributed by atoms with E-state index in [1.165, 1.54) is 16.9 Å². The molecule has 5 aromatic rings. The van der Waals surface area contributed by atoms with E-state index >= 15 is 0 Å². The number of alkyl halides is 3. The molecule has 1 heterocycles. The molecule has 0 aliphatic rings. The molecule has 0 aliphatic heterocycles. The number of hydrogen-bond donors (Lipinski definition) is 1. The van der Waals surface area contributed by atoms with Crippen molar-refractivity contribution < 1.29 is 30.8 Å². The second-order valence-corrected chi connectivity index (χ2v) is 12.3. The Labute approximate surface area is 250 Å². The average Bonchev–Trinajstić information content (AvgIpc) is 3.35. The predicted octanol–water partition coefficient (Wildman–Crippen LogP) is 9.43. The summed E-state index contributed by atoms with van der Waals surface area (Å²) in [5.41, 5.74) is -2.24. The number of anilines is 1. The van der Waals surface area contributed by atoms with Crippen LogP contribution in [0.2, 0.25) is 10.0 Å². The quantitative estimate of drug-likeness (QED) is 0.184. The first kappa shape index (κ1) is 29.8. The monoisotopic (exact) mass is 634 g/mol. The van der Waals surface area contributed by atoms with Gasteiger partial charge >= 0.3 is 15.5 Å². The minimum Gasteiger partial charge on any atom is -0.489 e. The van der Waals surface area contributed by atoms with Crippen LogP contribution in [0.5, 0.6) is 5.75 Å². The Kier molecular flexibility index (Phi) is 8.15. The van der Waals surface area contributed by atoms with Crippen LogP contribution in [0.4, 0.5) is 18.9 Å². The molecule has 0 radical (unpaired) electrons. The Morgan fingerprint density at radius 1 is 0.905 bits per heavy atom.